The number of ether oxygens (including phenoxy) is 3. The first-order valence-corrected chi connectivity index (χ1v) is 14.7. The Kier molecular flexibility index (Phi) is 7.32. The third-order valence-electron chi connectivity index (χ3n) is 6.45. The zero-order valence-corrected chi connectivity index (χ0v) is 24.5. The third kappa shape index (κ3) is 4.64. The van der Waals surface area contributed by atoms with Crippen LogP contribution in [0.1, 0.15) is 36.0 Å². The molecule has 0 saturated heterocycles. The lowest BCUT2D eigenvalue weighted by Crippen LogP contribution is -2.51. The second kappa shape index (κ2) is 9.21. The van der Waals surface area contributed by atoms with E-state index in [1.165, 1.54) is 0 Å². The second-order valence-corrected chi connectivity index (χ2v) is 13.4. The van der Waals surface area contributed by atoms with Crippen molar-refractivity contribution in [2.45, 2.75) is 42.6 Å². The maximum Gasteiger partial charge on any atom is 0.431 e. The normalized spacial score (nSPS) is 28.0. The highest BCUT2D eigenvalue weighted by Gasteiger charge is 2.66. The molecule has 194 valence electrons. The van der Waals surface area contributed by atoms with Crippen molar-refractivity contribution in [1.29, 1.82) is 0 Å². The first-order valence-electron chi connectivity index (χ1n) is 10.00. The quantitative estimate of drug-likeness (QED) is 0.142. The van der Waals surface area contributed by atoms with Crippen molar-refractivity contribution in [3.63, 3.8) is 0 Å². The molecule has 4 unspecified atom stereocenters. The fourth-order valence-corrected chi connectivity index (χ4v) is 7.73. The van der Waals surface area contributed by atoms with E-state index in [9.17, 15) is 35.6 Å². The molecule has 4 rings (SSSR count). The molecule has 4 atom stereocenters. The summed E-state index contributed by atoms with van der Waals surface area (Å²) >= 11 is 6.19. The first kappa shape index (κ1) is 27.8. The number of hydrogen-bond donors (Lipinski definition) is 1. The maximum atomic E-state index is 13.6. The van der Waals surface area contributed by atoms with Crippen molar-refractivity contribution in [2.75, 3.05) is 6.61 Å². The van der Waals surface area contributed by atoms with E-state index < -0.39 is 58.0 Å². The van der Waals surface area contributed by atoms with Crippen molar-refractivity contribution >= 4 is 89.8 Å². The molecule has 2 aliphatic carbocycles. The zero-order valence-electron chi connectivity index (χ0n) is 17.2. The largest absolute Gasteiger partial charge is 0.465 e. The van der Waals surface area contributed by atoms with E-state index in [1.54, 1.807) is 0 Å². The van der Waals surface area contributed by atoms with E-state index in [1.807, 2.05) is 28.7 Å². The van der Waals surface area contributed by atoms with Crippen LogP contribution in [-0.2, 0) is 24.4 Å². The van der Waals surface area contributed by atoms with Crippen molar-refractivity contribution in [3.05, 3.63) is 22.3 Å². The van der Waals surface area contributed by atoms with Crippen LogP contribution in [0.5, 0.6) is 5.75 Å². The topological polar surface area (TPSA) is 116 Å². The van der Waals surface area contributed by atoms with Crippen LogP contribution in [-0.4, -0.2) is 48.5 Å². The number of hydrogen-bond acceptors (Lipinski definition) is 7. The van der Waals surface area contributed by atoms with E-state index in [0.29, 0.717) is 21.3 Å². The molecule has 2 fully saturated rings. The van der Waals surface area contributed by atoms with E-state index in [4.69, 9.17) is 18.8 Å². The third-order valence-corrected chi connectivity index (χ3v) is 11.2. The van der Waals surface area contributed by atoms with Crippen molar-refractivity contribution in [3.8, 4) is 5.75 Å². The summed E-state index contributed by atoms with van der Waals surface area (Å²) in [5.41, 5.74) is 0.328. The molecule has 16 heteroatoms. The molecule has 35 heavy (non-hydrogen) atoms. The summed E-state index contributed by atoms with van der Waals surface area (Å²) in [4.78, 5) is 25.3. The molecular formula is C19H15F4I3O8S. The van der Waals surface area contributed by atoms with Crippen LogP contribution in [0.4, 0.5) is 17.6 Å². The number of esters is 2. The highest BCUT2D eigenvalue weighted by molar-refractivity contribution is 14.1. The maximum absolute atomic E-state index is 13.6. The van der Waals surface area contributed by atoms with Crippen molar-refractivity contribution in [2.24, 2.45) is 17.8 Å². The minimum absolute atomic E-state index is 0.165. The minimum atomic E-state index is -6.36. The number of benzene rings is 1. The fraction of sp³-hybridized carbons (Fsp3) is 0.579. The molecule has 1 spiro atoms. The lowest BCUT2D eigenvalue weighted by atomic mass is 9.84. The van der Waals surface area contributed by atoms with Gasteiger partial charge in [0.05, 0.1) is 22.5 Å². The lowest BCUT2D eigenvalue weighted by Gasteiger charge is -2.42. The summed E-state index contributed by atoms with van der Waals surface area (Å²) in [7, 11) is -6.36. The van der Waals surface area contributed by atoms with Gasteiger partial charge in [0.25, 0.3) is 5.79 Å². The molecule has 1 aliphatic heterocycles. The van der Waals surface area contributed by atoms with Crippen LogP contribution in [0, 0.1) is 28.5 Å². The molecule has 1 aromatic carbocycles. The summed E-state index contributed by atoms with van der Waals surface area (Å²) in [6.45, 7) is -1.18. The van der Waals surface area contributed by atoms with Gasteiger partial charge in [-0.1, -0.05) is 0 Å². The first-order chi connectivity index (χ1) is 16.0. The fourth-order valence-electron chi connectivity index (χ4n) is 4.76. The Bertz CT molecular complexity index is 1210. The summed E-state index contributed by atoms with van der Waals surface area (Å²) < 4.78 is 102. The number of carbonyl (C=O) groups is 2. The Labute approximate surface area is 237 Å². The van der Waals surface area contributed by atoms with Gasteiger partial charge in [-0.15, -0.1) is 0 Å². The van der Waals surface area contributed by atoms with Gasteiger partial charge in [0.2, 0.25) is 0 Å². The van der Waals surface area contributed by atoms with Gasteiger partial charge in [-0.25, -0.2) is 4.79 Å². The van der Waals surface area contributed by atoms with E-state index in [-0.39, 0.29) is 24.7 Å². The molecule has 0 aromatic heterocycles. The summed E-state index contributed by atoms with van der Waals surface area (Å²) in [6, 6.07) is 1.86. The number of halogens is 7. The van der Waals surface area contributed by atoms with Crippen LogP contribution in [0.2, 0.25) is 0 Å². The minimum Gasteiger partial charge on any atom is -0.465 e. The highest BCUT2D eigenvalue weighted by atomic mass is 127. The predicted octanol–water partition coefficient (Wildman–Crippen LogP) is 4.84. The molecule has 2 bridgehead atoms. The highest BCUT2D eigenvalue weighted by Crippen LogP contribution is 2.58. The SMILES string of the molecule is O=C1OC2(CC3CC2CC3C(=O)OCCC(F)(F)C(F)(F)S(=O)(=O)O)Oc2c(I)cc(I)c(I)c21. The van der Waals surface area contributed by atoms with Crippen LogP contribution in [0.15, 0.2) is 6.07 Å². The van der Waals surface area contributed by atoms with E-state index >= 15 is 0 Å². The summed E-state index contributed by atoms with van der Waals surface area (Å²) in [5.74, 6) is -8.95. The lowest BCUT2D eigenvalue weighted by molar-refractivity contribution is -0.195. The number of carbonyl (C=O) groups excluding carboxylic acids is 2. The standard InChI is InChI=1S/C19H15F4I3O8S/c20-18(21,19(22,23)35(29,30)31)1-2-32-15(27)9-4-8-3-7(9)6-17(8)33-14-11(25)5-10(24)13(26)12(14)16(28)34-17/h5,7-9H,1-4,6H2,(H,29,30,31). The Hall–Kier alpha value is -0.220. The molecule has 3 aliphatic rings. The molecule has 0 amide bonds. The van der Waals surface area contributed by atoms with Gasteiger partial charge < -0.3 is 14.2 Å². The monoisotopic (exact) mass is 860 g/mol. The average Bonchev–Trinajstić information content (AvgIpc) is 3.28. The molecule has 2 saturated carbocycles. The zero-order chi connectivity index (χ0) is 26.1. The molecule has 1 N–H and O–H groups in total. The number of fused-ring (bicyclic) bond motifs is 4. The van der Waals surface area contributed by atoms with Gasteiger partial charge in [-0.3, -0.25) is 9.35 Å². The molecule has 0 radical (unpaired) electrons. The van der Waals surface area contributed by atoms with Gasteiger partial charge in [0, 0.05) is 19.5 Å². The molecule has 1 heterocycles. The van der Waals surface area contributed by atoms with Gasteiger partial charge >= 0.3 is 33.2 Å². The molecule has 8 nitrogen and oxygen atoms in total. The van der Waals surface area contributed by atoms with Crippen LogP contribution < -0.4 is 4.74 Å². The summed E-state index contributed by atoms with van der Waals surface area (Å²) in [6.07, 6.45) is -1.03. The van der Waals surface area contributed by atoms with Crippen molar-refractivity contribution < 1.29 is 54.3 Å². The predicted molar refractivity (Wildman–Crippen MR) is 135 cm³/mol. The van der Waals surface area contributed by atoms with Crippen LogP contribution >= 0.6 is 67.8 Å². The van der Waals surface area contributed by atoms with Gasteiger partial charge in [-0.2, -0.15) is 26.0 Å². The number of alkyl halides is 4. The summed E-state index contributed by atoms with van der Waals surface area (Å²) in [5, 5.41) is -5.73. The van der Waals surface area contributed by atoms with Crippen LogP contribution in [0.25, 0.3) is 0 Å². The number of rotatable bonds is 6. The van der Waals surface area contributed by atoms with E-state index in [0.717, 1.165) is 7.14 Å². The van der Waals surface area contributed by atoms with Crippen molar-refractivity contribution in [1.82, 2.24) is 0 Å². The van der Waals surface area contributed by atoms with Crippen LogP contribution in [0.3, 0.4) is 0 Å². The smallest absolute Gasteiger partial charge is 0.431 e. The second-order valence-electron chi connectivity index (χ2n) is 8.51. The Morgan fingerprint density at radius 2 is 1.83 bits per heavy atom. The Balaban J connectivity index is 1.41. The molecule has 1 aromatic rings. The van der Waals surface area contributed by atoms with Gasteiger partial charge in [0.1, 0.15) is 5.56 Å². The van der Waals surface area contributed by atoms with Gasteiger partial charge in [-0.05, 0) is 92.6 Å². The van der Waals surface area contributed by atoms with Gasteiger partial charge in [0.15, 0.2) is 5.75 Å². The van der Waals surface area contributed by atoms with E-state index in [2.05, 4.69) is 45.2 Å². The Morgan fingerprint density at radius 1 is 1.17 bits per heavy atom. The average molecular weight is 860 g/mol. The molecular weight excluding hydrogens is 845 g/mol. The Morgan fingerprint density at radius 3 is 2.40 bits per heavy atom.